The molecule has 3 nitrogen and oxygen atoms in total. The Morgan fingerprint density at radius 1 is 0.279 bits per heavy atom. The number of para-hydroxylation sites is 5. The fraction of sp³-hybridized carbons (Fsp3) is 0. The SMILES string of the molecule is c1ccc(N(c2ccccc2)c2ccc(-c3ccc4c(c3)c3cccc(-c5ccc(N(c6ccccc6)c6ccccc6)cc5)c3n4-c3cccc4ccccc34)cc2)cc1. The summed E-state index contributed by atoms with van der Waals surface area (Å²) in [5, 5.41) is 4.88. The van der Waals surface area contributed by atoms with Crippen molar-refractivity contribution >= 4 is 66.7 Å². The molecule has 0 aliphatic rings. The molecule has 61 heavy (non-hydrogen) atoms. The predicted molar refractivity (Wildman–Crippen MR) is 259 cm³/mol. The molecule has 10 aromatic carbocycles. The Balaban J connectivity index is 1.05. The quantitative estimate of drug-likeness (QED) is 0.145. The minimum absolute atomic E-state index is 1.11. The zero-order valence-corrected chi connectivity index (χ0v) is 33.5. The van der Waals surface area contributed by atoms with E-state index in [-0.39, 0.29) is 0 Å². The average Bonchev–Trinajstić information content (AvgIpc) is 3.67. The highest BCUT2D eigenvalue weighted by Crippen LogP contribution is 2.43. The van der Waals surface area contributed by atoms with Gasteiger partial charge in [0.1, 0.15) is 0 Å². The van der Waals surface area contributed by atoms with Gasteiger partial charge in [-0.1, -0.05) is 158 Å². The summed E-state index contributed by atoms with van der Waals surface area (Å²) in [5.74, 6) is 0. The van der Waals surface area contributed by atoms with E-state index in [2.05, 4.69) is 263 Å². The minimum Gasteiger partial charge on any atom is -0.311 e. The van der Waals surface area contributed by atoms with Gasteiger partial charge in [-0.05, 0) is 113 Å². The van der Waals surface area contributed by atoms with Crippen LogP contribution in [0.25, 0.3) is 60.5 Å². The summed E-state index contributed by atoms with van der Waals surface area (Å²) < 4.78 is 2.49. The van der Waals surface area contributed by atoms with Crippen LogP contribution in [0.5, 0.6) is 0 Å². The molecule has 0 saturated heterocycles. The molecule has 0 bridgehead atoms. The molecule has 0 atom stereocenters. The van der Waals surface area contributed by atoms with E-state index >= 15 is 0 Å². The van der Waals surface area contributed by atoms with E-state index in [9.17, 15) is 0 Å². The van der Waals surface area contributed by atoms with Crippen LogP contribution in [0.15, 0.2) is 249 Å². The van der Waals surface area contributed by atoms with Gasteiger partial charge in [0.05, 0.1) is 16.7 Å². The number of nitrogens with zero attached hydrogens (tertiary/aromatic N) is 3. The molecule has 11 rings (SSSR count). The number of benzene rings is 10. The van der Waals surface area contributed by atoms with Gasteiger partial charge in [0.25, 0.3) is 0 Å². The fourth-order valence-electron chi connectivity index (χ4n) is 8.93. The summed E-state index contributed by atoms with van der Waals surface area (Å²) in [6.45, 7) is 0. The molecule has 0 radical (unpaired) electrons. The van der Waals surface area contributed by atoms with Crippen molar-refractivity contribution in [3.05, 3.63) is 249 Å². The molecular formula is C58H41N3. The van der Waals surface area contributed by atoms with Crippen LogP contribution in [-0.2, 0) is 0 Å². The number of hydrogen-bond donors (Lipinski definition) is 0. The molecule has 11 aromatic rings. The Morgan fingerprint density at radius 2 is 0.705 bits per heavy atom. The Bertz CT molecular complexity index is 3180. The lowest BCUT2D eigenvalue weighted by atomic mass is 9.99. The first-order chi connectivity index (χ1) is 30.3. The van der Waals surface area contributed by atoms with Crippen molar-refractivity contribution in [1.29, 1.82) is 0 Å². The summed E-state index contributed by atoms with van der Waals surface area (Å²) in [6.07, 6.45) is 0. The topological polar surface area (TPSA) is 11.4 Å². The molecule has 0 spiro atoms. The maximum absolute atomic E-state index is 2.49. The molecule has 1 aromatic heterocycles. The van der Waals surface area contributed by atoms with Crippen molar-refractivity contribution < 1.29 is 0 Å². The van der Waals surface area contributed by atoms with Crippen molar-refractivity contribution in [3.63, 3.8) is 0 Å². The largest absolute Gasteiger partial charge is 0.311 e. The first-order valence-corrected chi connectivity index (χ1v) is 20.9. The number of anilines is 6. The van der Waals surface area contributed by atoms with E-state index in [0.29, 0.717) is 0 Å². The van der Waals surface area contributed by atoms with Gasteiger partial charge in [-0.3, -0.25) is 0 Å². The molecule has 0 N–H and O–H groups in total. The van der Waals surface area contributed by atoms with Crippen LogP contribution in [0, 0.1) is 0 Å². The standard InChI is InChI=1S/C58H41N3/c1-5-19-46(20-6-1)59(47-21-7-2-8-22-47)50-36-31-42(32-37-50)45-35-40-57-55(41-45)54-29-16-28-53(58(54)61(57)56-30-15-18-43-17-13-14-27-52(43)56)44-33-38-51(39-34-44)60(48-23-9-3-10-24-48)49-25-11-4-12-26-49/h1-41H. The molecule has 0 amide bonds. The number of aromatic nitrogens is 1. The summed E-state index contributed by atoms with van der Waals surface area (Å²) in [7, 11) is 0. The van der Waals surface area contributed by atoms with Gasteiger partial charge in [-0.15, -0.1) is 0 Å². The van der Waals surface area contributed by atoms with Gasteiger partial charge in [-0.25, -0.2) is 0 Å². The highest BCUT2D eigenvalue weighted by Gasteiger charge is 2.20. The Labute approximate surface area is 356 Å². The molecule has 1 heterocycles. The van der Waals surface area contributed by atoms with Crippen LogP contribution in [0.2, 0.25) is 0 Å². The highest BCUT2D eigenvalue weighted by atomic mass is 15.1. The van der Waals surface area contributed by atoms with Gasteiger partial charge < -0.3 is 14.4 Å². The van der Waals surface area contributed by atoms with Crippen molar-refractivity contribution in [2.45, 2.75) is 0 Å². The maximum atomic E-state index is 2.49. The average molecular weight is 780 g/mol. The zero-order chi connectivity index (χ0) is 40.5. The third kappa shape index (κ3) is 6.59. The number of fused-ring (bicyclic) bond motifs is 4. The minimum atomic E-state index is 1.11. The Morgan fingerprint density at radius 3 is 1.26 bits per heavy atom. The first kappa shape index (κ1) is 36.0. The Kier molecular flexibility index (Phi) is 9.18. The van der Waals surface area contributed by atoms with E-state index in [1.54, 1.807) is 0 Å². The monoisotopic (exact) mass is 779 g/mol. The van der Waals surface area contributed by atoms with E-state index in [4.69, 9.17) is 0 Å². The molecule has 0 aliphatic heterocycles. The van der Waals surface area contributed by atoms with Crippen LogP contribution in [-0.4, -0.2) is 4.57 Å². The molecule has 3 heteroatoms. The van der Waals surface area contributed by atoms with Gasteiger partial charge in [0.2, 0.25) is 0 Å². The normalized spacial score (nSPS) is 11.3. The van der Waals surface area contributed by atoms with E-state index in [1.165, 1.54) is 55.0 Å². The van der Waals surface area contributed by atoms with E-state index in [1.807, 2.05) is 0 Å². The molecule has 0 unspecified atom stereocenters. The Hall–Kier alpha value is -8.14. The number of rotatable bonds is 9. The smallest absolute Gasteiger partial charge is 0.0619 e. The summed E-state index contributed by atoms with van der Waals surface area (Å²) >= 11 is 0. The lowest BCUT2D eigenvalue weighted by molar-refractivity contribution is 1.20. The van der Waals surface area contributed by atoms with Crippen LogP contribution < -0.4 is 9.80 Å². The highest BCUT2D eigenvalue weighted by molar-refractivity contribution is 6.15. The summed E-state index contributed by atoms with van der Waals surface area (Å²) in [4.78, 5) is 4.62. The molecule has 288 valence electrons. The van der Waals surface area contributed by atoms with Gasteiger partial charge >= 0.3 is 0 Å². The molecule has 0 fully saturated rings. The fourth-order valence-corrected chi connectivity index (χ4v) is 8.93. The summed E-state index contributed by atoms with van der Waals surface area (Å²) in [5.41, 5.74) is 14.9. The second kappa shape index (κ2) is 15.6. The van der Waals surface area contributed by atoms with Gasteiger partial charge in [-0.2, -0.15) is 0 Å². The maximum Gasteiger partial charge on any atom is 0.0619 e. The second-order valence-corrected chi connectivity index (χ2v) is 15.4. The molecule has 0 aliphatic carbocycles. The van der Waals surface area contributed by atoms with E-state index < -0.39 is 0 Å². The first-order valence-electron chi connectivity index (χ1n) is 20.9. The van der Waals surface area contributed by atoms with E-state index in [0.717, 1.165) is 39.7 Å². The number of hydrogen-bond acceptors (Lipinski definition) is 2. The summed E-state index contributed by atoms with van der Waals surface area (Å²) in [6, 6.07) is 89.4. The van der Waals surface area contributed by atoms with Gasteiger partial charge in [0, 0.05) is 55.8 Å². The van der Waals surface area contributed by atoms with Crippen LogP contribution in [0.3, 0.4) is 0 Å². The van der Waals surface area contributed by atoms with Crippen molar-refractivity contribution in [1.82, 2.24) is 4.57 Å². The van der Waals surface area contributed by atoms with Crippen LogP contribution in [0.4, 0.5) is 34.1 Å². The van der Waals surface area contributed by atoms with Crippen molar-refractivity contribution in [2.75, 3.05) is 9.80 Å². The van der Waals surface area contributed by atoms with Crippen molar-refractivity contribution in [3.8, 4) is 27.9 Å². The lowest BCUT2D eigenvalue weighted by Gasteiger charge is -2.25. The van der Waals surface area contributed by atoms with Crippen molar-refractivity contribution in [2.24, 2.45) is 0 Å². The third-order valence-corrected chi connectivity index (χ3v) is 11.7. The predicted octanol–water partition coefficient (Wildman–Crippen LogP) is 16.2. The zero-order valence-electron chi connectivity index (χ0n) is 33.5. The van der Waals surface area contributed by atoms with Crippen LogP contribution >= 0.6 is 0 Å². The van der Waals surface area contributed by atoms with Gasteiger partial charge in [0.15, 0.2) is 0 Å². The second-order valence-electron chi connectivity index (χ2n) is 15.4. The van der Waals surface area contributed by atoms with Crippen LogP contribution in [0.1, 0.15) is 0 Å². The lowest BCUT2D eigenvalue weighted by Crippen LogP contribution is -2.09. The molecular weight excluding hydrogens is 739 g/mol. The molecule has 0 saturated carbocycles. The third-order valence-electron chi connectivity index (χ3n) is 11.7.